The highest BCUT2D eigenvalue weighted by Gasteiger charge is 2.27. The van der Waals surface area contributed by atoms with Crippen molar-refractivity contribution >= 4 is 33.2 Å². The van der Waals surface area contributed by atoms with E-state index in [1.54, 1.807) is 54.6 Å². The molecule has 0 aromatic heterocycles. The molecule has 1 heterocycles. The molecule has 1 aliphatic heterocycles. The zero-order valence-electron chi connectivity index (χ0n) is 17.2. The first-order valence-electron chi connectivity index (χ1n) is 9.82. The summed E-state index contributed by atoms with van der Waals surface area (Å²) in [5.41, 5.74) is 2.13. The average molecular weight is 473 g/mol. The SMILES string of the molecule is Cc1ccc(S(=O)(=O)N(CC(=O)Nc2ccc3c(c2)OCO3)Cc2ccc(Cl)cc2)cc1. The van der Waals surface area contributed by atoms with Crippen LogP contribution in [-0.2, 0) is 21.4 Å². The van der Waals surface area contributed by atoms with Crippen LogP contribution in [0.4, 0.5) is 5.69 Å². The van der Waals surface area contributed by atoms with Crippen LogP contribution < -0.4 is 14.8 Å². The predicted octanol–water partition coefficient (Wildman–Crippen LogP) is 4.21. The number of carbonyl (C=O) groups is 1. The molecule has 166 valence electrons. The molecule has 0 radical (unpaired) electrons. The van der Waals surface area contributed by atoms with E-state index in [2.05, 4.69) is 5.32 Å². The minimum atomic E-state index is -3.93. The molecule has 0 unspecified atom stereocenters. The highest BCUT2D eigenvalue weighted by atomic mass is 35.5. The number of rotatable bonds is 7. The number of hydrogen-bond acceptors (Lipinski definition) is 5. The molecule has 0 bridgehead atoms. The molecule has 0 fully saturated rings. The molecule has 7 nitrogen and oxygen atoms in total. The fourth-order valence-electron chi connectivity index (χ4n) is 3.21. The Balaban J connectivity index is 1.57. The monoisotopic (exact) mass is 472 g/mol. The summed E-state index contributed by atoms with van der Waals surface area (Å²) in [6.07, 6.45) is 0. The molecule has 0 spiro atoms. The molecule has 32 heavy (non-hydrogen) atoms. The van der Waals surface area contributed by atoms with Gasteiger partial charge in [-0.25, -0.2) is 8.42 Å². The summed E-state index contributed by atoms with van der Waals surface area (Å²) in [6.45, 7) is 1.65. The molecule has 9 heteroatoms. The lowest BCUT2D eigenvalue weighted by Gasteiger charge is -2.22. The van der Waals surface area contributed by atoms with Crippen LogP contribution in [0.5, 0.6) is 11.5 Å². The van der Waals surface area contributed by atoms with Gasteiger partial charge < -0.3 is 14.8 Å². The number of halogens is 1. The van der Waals surface area contributed by atoms with E-state index in [1.165, 1.54) is 12.1 Å². The zero-order chi connectivity index (χ0) is 22.7. The molecule has 1 aliphatic rings. The Labute approximate surface area is 191 Å². The van der Waals surface area contributed by atoms with Crippen molar-refractivity contribution in [3.05, 3.63) is 82.9 Å². The second-order valence-corrected chi connectivity index (χ2v) is 9.70. The quantitative estimate of drug-likeness (QED) is 0.557. The lowest BCUT2D eigenvalue weighted by Crippen LogP contribution is -2.37. The van der Waals surface area contributed by atoms with Crippen LogP contribution in [0.15, 0.2) is 71.6 Å². The second-order valence-electron chi connectivity index (χ2n) is 7.33. The molecule has 0 saturated heterocycles. The van der Waals surface area contributed by atoms with Gasteiger partial charge in [-0.3, -0.25) is 4.79 Å². The Bertz CT molecular complexity index is 1230. The number of fused-ring (bicyclic) bond motifs is 1. The van der Waals surface area contributed by atoms with E-state index >= 15 is 0 Å². The summed E-state index contributed by atoms with van der Waals surface area (Å²) in [6, 6.07) is 18.3. The molecule has 0 atom stereocenters. The minimum absolute atomic E-state index is 0.0158. The van der Waals surface area contributed by atoms with E-state index in [9.17, 15) is 13.2 Å². The van der Waals surface area contributed by atoms with Crippen molar-refractivity contribution in [1.82, 2.24) is 4.31 Å². The van der Waals surface area contributed by atoms with Gasteiger partial charge >= 0.3 is 0 Å². The first kappa shape index (κ1) is 22.1. The topological polar surface area (TPSA) is 84.9 Å². The Kier molecular flexibility index (Phi) is 6.36. The van der Waals surface area contributed by atoms with Crippen molar-refractivity contribution in [3.63, 3.8) is 0 Å². The van der Waals surface area contributed by atoms with Gasteiger partial charge in [-0.05, 0) is 48.9 Å². The lowest BCUT2D eigenvalue weighted by atomic mass is 10.2. The van der Waals surface area contributed by atoms with E-state index in [4.69, 9.17) is 21.1 Å². The van der Waals surface area contributed by atoms with Crippen LogP contribution in [0.3, 0.4) is 0 Å². The summed E-state index contributed by atoms with van der Waals surface area (Å²) >= 11 is 5.95. The fourth-order valence-corrected chi connectivity index (χ4v) is 4.72. The maximum Gasteiger partial charge on any atom is 0.243 e. The molecule has 1 amide bonds. The third kappa shape index (κ3) is 5.04. The summed E-state index contributed by atoms with van der Waals surface area (Å²) in [7, 11) is -3.93. The number of aryl methyl sites for hydroxylation is 1. The maximum absolute atomic E-state index is 13.3. The van der Waals surface area contributed by atoms with Gasteiger partial charge in [-0.1, -0.05) is 41.4 Å². The van der Waals surface area contributed by atoms with Gasteiger partial charge in [0, 0.05) is 23.3 Å². The number of nitrogens with zero attached hydrogens (tertiary/aromatic N) is 1. The minimum Gasteiger partial charge on any atom is -0.454 e. The van der Waals surface area contributed by atoms with Crippen LogP contribution in [0, 0.1) is 6.92 Å². The largest absolute Gasteiger partial charge is 0.454 e. The van der Waals surface area contributed by atoms with Gasteiger partial charge in [-0.2, -0.15) is 4.31 Å². The van der Waals surface area contributed by atoms with E-state index in [0.29, 0.717) is 27.8 Å². The summed E-state index contributed by atoms with van der Waals surface area (Å²) in [5.74, 6) is 0.635. The van der Waals surface area contributed by atoms with Gasteiger partial charge in [-0.15, -0.1) is 0 Å². The average Bonchev–Trinajstić information content (AvgIpc) is 3.23. The standard InChI is InChI=1S/C23H21ClN2O5S/c1-16-2-9-20(10-3-16)32(28,29)26(13-17-4-6-18(24)7-5-17)14-23(27)25-19-8-11-21-22(12-19)31-15-30-21/h2-12H,13-15H2,1H3,(H,25,27). The molecular formula is C23H21ClN2O5S. The molecule has 0 saturated carbocycles. The molecular weight excluding hydrogens is 452 g/mol. The van der Waals surface area contributed by atoms with Gasteiger partial charge in [0.2, 0.25) is 22.7 Å². The van der Waals surface area contributed by atoms with Gasteiger partial charge in [0.15, 0.2) is 11.5 Å². The number of ether oxygens (including phenoxy) is 2. The fraction of sp³-hybridized carbons (Fsp3) is 0.174. The van der Waals surface area contributed by atoms with Crippen LogP contribution in [-0.4, -0.2) is 32.0 Å². The predicted molar refractivity (Wildman–Crippen MR) is 121 cm³/mol. The molecule has 3 aromatic rings. The lowest BCUT2D eigenvalue weighted by molar-refractivity contribution is -0.116. The van der Waals surface area contributed by atoms with Crippen molar-refractivity contribution in [1.29, 1.82) is 0 Å². The zero-order valence-corrected chi connectivity index (χ0v) is 18.8. The number of anilines is 1. The van der Waals surface area contributed by atoms with Crippen LogP contribution in [0.1, 0.15) is 11.1 Å². The Hall–Kier alpha value is -3.07. The van der Waals surface area contributed by atoms with E-state index in [0.717, 1.165) is 9.87 Å². The normalized spacial score (nSPS) is 12.7. The van der Waals surface area contributed by atoms with Gasteiger partial charge in [0.05, 0.1) is 11.4 Å². The maximum atomic E-state index is 13.3. The number of sulfonamides is 1. The number of hydrogen-bond donors (Lipinski definition) is 1. The second kappa shape index (κ2) is 9.20. The Morgan fingerprint density at radius 3 is 2.41 bits per heavy atom. The Morgan fingerprint density at radius 1 is 1.00 bits per heavy atom. The van der Waals surface area contributed by atoms with Crippen molar-refractivity contribution in [2.24, 2.45) is 0 Å². The van der Waals surface area contributed by atoms with Crippen molar-refractivity contribution in [3.8, 4) is 11.5 Å². The summed E-state index contributed by atoms with van der Waals surface area (Å²) in [4.78, 5) is 12.9. The van der Waals surface area contributed by atoms with Gasteiger partial charge in [0.1, 0.15) is 0 Å². The first-order chi connectivity index (χ1) is 15.3. The van der Waals surface area contributed by atoms with E-state index < -0.39 is 15.9 Å². The van der Waals surface area contributed by atoms with Crippen molar-refractivity contribution in [2.75, 3.05) is 18.7 Å². The van der Waals surface area contributed by atoms with Crippen LogP contribution >= 0.6 is 11.6 Å². The highest BCUT2D eigenvalue weighted by molar-refractivity contribution is 7.89. The van der Waals surface area contributed by atoms with E-state index in [-0.39, 0.29) is 24.8 Å². The molecule has 0 aliphatic carbocycles. The molecule has 3 aromatic carbocycles. The Morgan fingerprint density at radius 2 is 1.69 bits per heavy atom. The number of amides is 1. The summed E-state index contributed by atoms with van der Waals surface area (Å²) in [5, 5.41) is 3.27. The van der Waals surface area contributed by atoms with Gasteiger partial charge in [0.25, 0.3) is 0 Å². The van der Waals surface area contributed by atoms with Crippen molar-refractivity contribution in [2.45, 2.75) is 18.4 Å². The van der Waals surface area contributed by atoms with Crippen LogP contribution in [0.25, 0.3) is 0 Å². The summed E-state index contributed by atoms with van der Waals surface area (Å²) < 4.78 is 38.4. The van der Waals surface area contributed by atoms with E-state index in [1.807, 2.05) is 6.92 Å². The number of carbonyl (C=O) groups excluding carboxylic acids is 1. The number of benzene rings is 3. The third-order valence-corrected chi connectivity index (χ3v) is 6.97. The highest BCUT2D eigenvalue weighted by Crippen LogP contribution is 2.34. The number of nitrogens with one attached hydrogen (secondary N) is 1. The molecule has 1 N–H and O–H groups in total. The third-order valence-electron chi connectivity index (χ3n) is 4.91. The van der Waals surface area contributed by atoms with Crippen LogP contribution in [0.2, 0.25) is 5.02 Å². The smallest absolute Gasteiger partial charge is 0.243 e. The van der Waals surface area contributed by atoms with Crippen molar-refractivity contribution < 1.29 is 22.7 Å². The molecule has 4 rings (SSSR count). The first-order valence-corrected chi connectivity index (χ1v) is 11.6.